The van der Waals surface area contributed by atoms with Crippen molar-refractivity contribution < 1.29 is 9.15 Å². The van der Waals surface area contributed by atoms with E-state index in [9.17, 15) is 0 Å². The van der Waals surface area contributed by atoms with Crippen LogP contribution in [-0.4, -0.2) is 24.7 Å². The van der Waals surface area contributed by atoms with E-state index in [0.717, 1.165) is 48.9 Å². The Labute approximate surface area is 222 Å². The number of halogens is 1. The van der Waals surface area contributed by atoms with Crippen molar-refractivity contribution >= 4 is 49.0 Å². The summed E-state index contributed by atoms with van der Waals surface area (Å²) in [5.74, 6) is 1.67. The fourth-order valence-corrected chi connectivity index (χ4v) is 5.21. The van der Waals surface area contributed by atoms with Gasteiger partial charge in [0.2, 0.25) is 5.89 Å². The topological polar surface area (TPSA) is 78.9 Å². The first-order valence-corrected chi connectivity index (χ1v) is 12.9. The van der Waals surface area contributed by atoms with Crippen LogP contribution >= 0.6 is 15.9 Å². The van der Waals surface area contributed by atoms with Gasteiger partial charge in [-0.1, -0.05) is 61.0 Å². The number of rotatable bonds is 5. The number of aromatic nitrogens is 5. The van der Waals surface area contributed by atoms with Crippen LogP contribution in [0.2, 0.25) is 0 Å². The summed E-state index contributed by atoms with van der Waals surface area (Å²) < 4.78 is 15.0. The van der Waals surface area contributed by atoms with Crippen molar-refractivity contribution in [1.82, 2.24) is 24.7 Å². The van der Waals surface area contributed by atoms with Crippen LogP contribution in [0, 0.1) is 6.92 Å². The molecule has 3 aromatic carbocycles. The number of ether oxygens (including phenoxy) is 1. The number of para-hydroxylation sites is 2. The molecule has 8 heteroatoms. The van der Waals surface area contributed by atoms with E-state index in [4.69, 9.17) is 19.1 Å². The van der Waals surface area contributed by atoms with Gasteiger partial charge in [-0.25, -0.2) is 9.97 Å². The first-order chi connectivity index (χ1) is 17.8. The van der Waals surface area contributed by atoms with Crippen LogP contribution in [0.3, 0.4) is 0 Å². The van der Waals surface area contributed by atoms with Gasteiger partial charge < -0.3 is 13.7 Å². The highest BCUT2D eigenvalue weighted by atomic mass is 79.9. The number of fused-ring (bicyclic) bond motifs is 4. The maximum Gasteiger partial charge on any atom is 0.253 e. The molecule has 6 rings (SSSR count). The largest absolute Gasteiger partial charge is 0.484 e. The predicted octanol–water partition coefficient (Wildman–Crippen LogP) is 7.12. The minimum Gasteiger partial charge on any atom is -0.484 e. The van der Waals surface area contributed by atoms with Crippen LogP contribution in [0.4, 0.5) is 0 Å². The number of hydrogen-bond acceptors (Lipinski definition) is 6. The van der Waals surface area contributed by atoms with Crippen molar-refractivity contribution in [3.05, 3.63) is 88.0 Å². The molecular formula is C29H26BrN5O2. The molecule has 6 aromatic rings. The SMILES string of the molecule is Cc1cc(Br)cc2c3nc4ccccc4nc3n(Cc3nnc(COc4ccc(C(C)(C)C)cc4)o3)c12. The molecule has 0 aliphatic rings. The minimum atomic E-state index is 0.0951. The summed E-state index contributed by atoms with van der Waals surface area (Å²) in [7, 11) is 0. The van der Waals surface area contributed by atoms with Gasteiger partial charge in [0.25, 0.3) is 5.89 Å². The molecule has 0 aliphatic heterocycles. The van der Waals surface area contributed by atoms with Gasteiger partial charge in [0.05, 0.1) is 16.6 Å². The van der Waals surface area contributed by atoms with Gasteiger partial charge in [0.15, 0.2) is 12.3 Å². The fourth-order valence-electron chi connectivity index (χ4n) is 4.64. The molecule has 37 heavy (non-hydrogen) atoms. The van der Waals surface area contributed by atoms with E-state index in [1.807, 2.05) is 36.4 Å². The lowest BCUT2D eigenvalue weighted by Crippen LogP contribution is -2.10. The van der Waals surface area contributed by atoms with Gasteiger partial charge in [0, 0.05) is 9.86 Å². The monoisotopic (exact) mass is 555 g/mol. The van der Waals surface area contributed by atoms with Gasteiger partial charge in [-0.3, -0.25) is 0 Å². The Bertz CT molecular complexity index is 1760. The summed E-state index contributed by atoms with van der Waals surface area (Å²) in [6, 6.07) is 20.2. The highest BCUT2D eigenvalue weighted by Crippen LogP contribution is 2.33. The van der Waals surface area contributed by atoms with Crippen molar-refractivity contribution in [1.29, 1.82) is 0 Å². The van der Waals surface area contributed by atoms with E-state index < -0.39 is 0 Å². The maximum atomic E-state index is 5.98. The van der Waals surface area contributed by atoms with Crippen LogP contribution in [0.25, 0.3) is 33.1 Å². The third-order valence-electron chi connectivity index (χ3n) is 6.48. The molecule has 0 N–H and O–H groups in total. The zero-order chi connectivity index (χ0) is 25.7. The zero-order valence-corrected chi connectivity index (χ0v) is 22.7. The summed E-state index contributed by atoms with van der Waals surface area (Å²) in [4.78, 5) is 9.91. The van der Waals surface area contributed by atoms with Gasteiger partial charge in [-0.05, 0) is 59.9 Å². The average molecular weight is 556 g/mol. The third-order valence-corrected chi connectivity index (χ3v) is 6.94. The molecule has 0 saturated carbocycles. The van der Waals surface area contributed by atoms with E-state index >= 15 is 0 Å². The summed E-state index contributed by atoms with van der Waals surface area (Å²) in [6.45, 7) is 9.23. The number of hydrogen-bond donors (Lipinski definition) is 0. The molecule has 7 nitrogen and oxygen atoms in total. The average Bonchev–Trinajstić information content (AvgIpc) is 3.44. The Kier molecular flexibility index (Phi) is 5.71. The predicted molar refractivity (Wildman–Crippen MR) is 148 cm³/mol. The molecule has 0 atom stereocenters. The third kappa shape index (κ3) is 4.46. The van der Waals surface area contributed by atoms with Crippen LogP contribution in [0.15, 0.2) is 69.6 Å². The maximum absolute atomic E-state index is 5.98. The normalized spacial score (nSPS) is 12.1. The molecule has 0 saturated heterocycles. The Morgan fingerprint density at radius 1 is 0.919 bits per heavy atom. The summed E-state index contributed by atoms with van der Waals surface area (Å²) in [5, 5.41) is 9.54. The highest BCUT2D eigenvalue weighted by Gasteiger charge is 2.19. The van der Waals surface area contributed by atoms with E-state index in [1.54, 1.807) is 0 Å². The minimum absolute atomic E-state index is 0.0951. The summed E-state index contributed by atoms with van der Waals surface area (Å²) in [5.41, 5.74) is 6.83. The number of nitrogens with zero attached hydrogens (tertiary/aromatic N) is 5. The van der Waals surface area contributed by atoms with E-state index in [0.29, 0.717) is 18.3 Å². The van der Waals surface area contributed by atoms with Crippen LogP contribution in [0.5, 0.6) is 5.75 Å². The standard InChI is InChI=1S/C29H26BrN5O2/c1-17-13-19(30)14-21-26-28(32-23-8-6-5-7-22(23)31-26)35(27(17)21)15-24-33-34-25(37-24)16-36-20-11-9-18(10-12-20)29(2,3)4/h5-14H,15-16H2,1-4H3. The van der Waals surface area contributed by atoms with E-state index in [2.05, 4.69) is 82.7 Å². The molecule has 0 amide bonds. The Morgan fingerprint density at radius 3 is 2.35 bits per heavy atom. The molecule has 0 fully saturated rings. The molecule has 0 unspecified atom stereocenters. The van der Waals surface area contributed by atoms with E-state index in [1.165, 1.54) is 5.56 Å². The Morgan fingerprint density at radius 2 is 1.62 bits per heavy atom. The van der Waals surface area contributed by atoms with Crippen LogP contribution < -0.4 is 4.74 Å². The first kappa shape index (κ1) is 23.6. The second-order valence-corrected chi connectivity index (χ2v) is 11.2. The van der Waals surface area contributed by atoms with Gasteiger partial charge >= 0.3 is 0 Å². The molecule has 0 aliphatic carbocycles. The Hall–Kier alpha value is -3.78. The summed E-state index contributed by atoms with van der Waals surface area (Å²) in [6.07, 6.45) is 0. The zero-order valence-electron chi connectivity index (χ0n) is 21.1. The molecule has 186 valence electrons. The van der Waals surface area contributed by atoms with Crippen molar-refractivity contribution in [2.75, 3.05) is 0 Å². The first-order valence-electron chi connectivity index (χ1n) is 12.2. The van der Waals surface area contributed by atoms with E-state index in [-0.39, 0.29) is 12.0 Å². The van der Waals surface area contributed by atoms with Crippen molar-refractivity contribution in [2.45, 2.75) is 46.3 Å². The lowest BCUT2D eigenvalue weighted by atomic mass is 9.87. The smallest absolute Gasteiger partial charge is 0.253 e. The molecule has 0 radical (unpaired) electrons. The van der Waals surface area contributed by atoms with Crippen molar-refractivity contribution in [3.8, 4) is 5.75 Å². The van der Waals surface area contributed by atoms with Crippen molar-refractivity contribution in [3.63, 3.8) is 0 Å². The second-order valence-electron chi connectivity index (χ2n) is 10.2. The Balaban J connectivity index is 1.32. The van der Waals surface area contributed by atoms with Gasteiger partial charge in [-0.15, -0.1) is 10.2 Å². The number of aryl methyl sites for hydroxylation is 1. The number of benzene rings is 3. The second kappa shape index (κ2) is 8.95. The lowest BCUT2D eigenvalue weighted by molar-refractivity contribution is 0.258. The fraction of sp³-hybridized carbons (Fsp3) is 0.241. The molecule has 0 bridgehead atoms. The molecule has 3 heterocycles. The molecular weight excluding hydrogens is 530 g/mol. The summed E-state index contributed by atoms with van der Waals surface area (Å²) >= 11 is 3.64. The van der Waals surface area contributed by atoms with Crippen molar-refractivity contribution in [2.24, 2.45) is 0 Å². The molecule has 0 spiro atoms. The van der Waals surface area contributed by atoms with Gasteiger partial charge in [-0.2, -0.15) is 0 Å². The van der Waals surface area contributed by atoms with Gasteiger partial charge in [0.1, 0.15) is 17.8 Å². The lowest BCUT2D eigenvalue weighted by Gasteiger charge is -2.19. The van der Waals surface area contributed by atoms with Crippen LogP contribution in [0.1, 0.15) is 43.7 Å². The molecule has 3 aromatic heterocycles. The quantitative estimate of drug-likeness (QED) is 0.225. The van der Waals surface area contributed by atoms with Crippen LogP contribution in [-0.2, 0) is 18.6 Å². The highest BCUT2D eigenvalue weighted by molar-refractivity contribution is 9.10.